The summed E-state index contributed by atoms with van der Waals surface area (Å²) in [4.78, 5) is 10.4. The van der Waals surface area contributed by atoms with E-state index in [0.29, 0.717) is 0 Å². The Morgan fingerprint density at radius 2 is 1.88 bits per heavy atom. The van der Waals surface area contributed by atoms with Crippen LogP contribution in [0.5, 0.6) is 0 Å². The first-order valence-corrected chi connectivity index (χ1v) is 4.95. The van der Waals surface area contributed by atoms with Crippen molar-refractivity contribution in [2.24, 2.45) is 5.92 Å². The van der Waals surface area contributed by atoms with E-state index in [-0.39, 0.29) is 6.54 Å². The minimum Gasteiger partial charge on any atom is -0.481 e. The minimum absolute atomic E-state index is 0.209. The summed E-state index contributed by atoms with van der Waals surface area (Å²) in [5.41, 5.74) is 0.804. The fourth-order valence-electron chi connectivity index (χ4n) is 1.30. The van der Waals surface area contributed by atoms with Crippen molar-refractivity contribution >= 4 is 5.97 Å². The lowest BCUT2D eigenvalue weighted by atomic mass is 10.1. The van der Waals surface area contributed by atoms with E-state index in [2.05, 4.69) is 5.32 Å². The number of hydrogen-bond donors (Lipinski definition) is 2. The van der Waals surface area contributed by atoms with Gasteiger partial charge in [0.1, 0.15) is 0 Å². The summed E-state index contributed by atoms with van der Waals surface area (Å²) in [5.74, 6) is -4.23. The zero-order valence-electron chi connectivity index (χ0n) is 8.87. The first-order valence-electron chi connectivity index (χ1n) is 4.95. The third-order valence-electron chi connectivity index (χ3n) is 2.21. The lowest BCUT2D eigenvalue weighted by molar-refractivity contribution is -0.192. The summed E-state index contributed by atoms with van der Waals surface area (Å²) in [6.45, 7) is -0.422. The summed E-state index contributed by atoms with van der Waals surface area (Å²) < 4.78 is 36.8. The number of nitrogens with one attached hydrogen (secondary N) is 1. The number of halogens is 3. The smallest absolute Gasteiger partial charge is 0.403 e. The van der Waals surface area contributed by atoms with Crippen molar-refractivity contribution in [2.75, 3.05) is 6.54 Å². The highest BCUT2D eigenvalue weighted by molar-refractivity contribution is 5.71. The largest absolute Gasteiger partial charge is 0.481 e. The zero-order chi connectivity index (χ0) is 12.9. The molecule has 0 saturated heterocycles. The quantitative estimate of drug-likeness (QED) is 0.837. The van der Waals surface area contributed by atoms with Crippen LogP contribution in [0.2, 0.25) is 0 Å². The van der Waals surface area contributed by atoms with Crippen molar-refractivity contribution < 1.29 is 23.1 Å². The molecule has 0 heterocycles. The molecule has 17 heavy (non-hydrogen) atoms. The molecule has 0 aromatic heterocycles. The number of benzene rings is 1. The van der Waals surface area contributed by atoms with E-state index in [1.54, 1.807) is 30.3 Å². The maximum atomic E-state index is 12.3. The molecular weight excluding hydrogens is 235 g/mol. The van der Waals surface area contributed by atoms with E-state index < -0.39 is 24.6 Å². The molecule has 2 N–H and O–H groups in total. The maximum Gasteiger partial charge on any atom is 0.403 e. The molecule has 0 amide bonds. The number of hydrogen-bond acceptors (Lipinski definition) is 2. The topological polar surface area (TPSA) is 49.3 Å². The first-order chi connectivity index (χ1) is 7.91. The molecule has 0 aliphatic heterocycles. The number of carbonyl (C=O) groups is 1. The zero-order valence-corrected chi connectivity index (χ0v) is 8.87. The molecule has 0 spiro atoms. The standard InChI is InChI=1S/C11H12F3NO2/c12-11(13,14)9(10(16)17)7-15-6-8-4-2-1-3-5-8/h1-5,9,15H,6-7H2,(H,16,17). The van der Waals surface area contributed by atoms with Crippen LogP contribution in [-0.2, 0) is 11.3 Å². The lowest BCUT2D eigenvalue weighted by Gasteiger charge is -2.16. The molecule has 1 aromatic rings. The van der Waals surface area contributed by atoms with Gasteiger partial charge in [0.05, 0.1) is 0 Å². The van der Waals surface area contributed by atoms with E-state index in [0.717, 1.165) is 5.56 Å². The second kappa shape index (κ2) is 5.67. The molecule has 0 radical (unpaired) electrons. The molecule has 0 aliphatic rings. The van der Waals surface area contributed by atoms with E-state index in [1.165, 1.54) is 0 Å². The summed E-state index contributed by atoms with van der Waals surface area (Å²) in [7, 11) is 0. The van der Waals surface area contributed by atoms with Gasteiger partial charge in [-0.2, -0.15) is 13.2 Å². The Hall–Kier alpha value is -1.56. The van der Waals surface area contributed by atoms with Crippen LogP contribution in [0.4, 0.5) is 13.2 Å². The average molecular weight is 247 g/mol. The fraction of sp³-hybridized carbons (Fsp3) is 0.364. The first kappa shape index (κ1) is 13.5. The molecule has 0 bridgehead atoms. The van der Waals surface area contributed by atoms with Gasteiger partial charge in [-0.05, 0) is 5.56 Å². The highest BCUT2D eigenvalue weighted by atomic mass is 19.4. The second-order valence-electron chi connectivity index (χ2n) is 3.55. The third-order valence-corrected chi connectivity index (χ3v) is 2.21. The van der Waals surface area contributed by atoms with Gasteiger partial charge in [0, 0.05) is 13.1 Å². The second-order valence-corrected chi connectivity index (χ2v) is 3.55. The molecule has 0 aliphatic carbocycles. The van der Waals surface area contributed by atoms with Gasteiger partial charge in [-0.15, -0.1) is 0 Å². The SMILES string of the molecule is O=C(O)C(CNCc1ccccc1)C(F)(F)F. The van der Waals surface area contributed by atoms with Gasteiger partial charge in [-0.25, -0.2) is 0 Å². The third kappa shape index (κ3) is 4.44. The van der Waals surface area contributed by atoms with Gasteiger partial charge in [0.15, 0.2) is 5.92 Å². The number of carboxylic acids is 1. The van der Waals surface area contributed by atoms with Crippen molar-refractivity contribution in [1.29, 1.82) is 0 Å². The lowest BCUT2D eigenvalue weighted by Crippen LogP contribution is -2.38. The molecule has 3 nitrogen and oxygen atoms in total. The molecule has 1 aromatic carbocycles. The Morgan fingerprint density at radius 3 is 2.35 bits per heavy atom. The van der Waals surface area contributed by atoms with Crippen molar-refractivity contribution in [3.05, 3.63) is 35.9 Å². The molecule has 1 unspecified atom stereocenters. The van der Waals surface area contributed by atoms with E-state index >= 15 is 0 Å². The molecule has 1 rings (SSSR count). The van der Waals surface area contributed by atoms with E-state index in [4.69, 9.17) is 5.11 Å². The molecule has 94 valence electrons. The van der Waals surface area contributed by atoms with Gasteiger partial charge in [-0.1, -0.05) is 30.3 Å². The molecule has 6 heteroatoms. The Labute approximate surface area is 96.3 Å². The van der Waals surface area contributed by atoms with Gasteiger partial charge >= 0.3 is 12.1 Å². The fourth-order valence-corrected chi connectivity index (χ4v) is 1.30. The summed E-state index contributed by atoms with van der Waals surface area (Å²) in [5, 5.41) is 10.9. The van der Waals surface area contributed by atoms with E-state index in [1.807, 2.05) is 0 Å². The van der Waals surface area contributed by atoms with E-state index in [9.17, 15) is 18.0 Å². The normalized spacial score (nSPS) is 13.4. The van der Waals surface area contributed by atoms with Crippen LogP contribution in [0.3, 0.4) is 0 Å². The summed E-state index contributed by atoms with van der Waals surface area (Å²) in [6, 6.07) is 8.80. The number of aliphatic carboxylic acids is 1. The number of carboxylic acid groups (broad SMARTS) is 1. The summed E-state index contributed by atoms with van der Waals surface area (Å²) in [6.07, 6.45) is -4.73. The van der Waals surface area contributed by atoms with Crippen LogP contribution < -0.4 is 5.32 Å². The predicted molar refractivity (Wildman–Crippen MR) is 55.3 cm³/mol. The number of rotatable bonds is 5. The predicted octanol–water partition coefficient (Wildman–Crippen LogP) is 2.04. The minimum atomic E-state index is -4.73. The summed E-state index contributed by atoms with van der Waals surface area (Å²) >= 11 is 0. The molecule has 0 fully saturated rings. The van der Waals surface area contributed by atoms with Crippen LogP contribution in [0.1, 0.15) is 5.56 Å². The van der Waals surface area contributed by atoms with Gasteiger partial charge in [0.2, 0.25) is 0 Å². The van der Waals surface area contributed by atoms with Gasteiger partial charge < -0.3 is 10.4 Å². The maximum absolute atomic E-state index is 12.3. The van der Waals surface area contributed by atoms with Crippen LogP contribution in [-0.4, -0.2) is 23.8 Å². The Kier molecular flexibility index (Phi) is 4.51. The van der Waals surface area contributed by atoms with Crippen molar-refractivity contribution in [3.8, 4) is 0 Å². The van der Waals surface area contributed by atoms with Crippen LogP contribution in [0.15, 0.2) is 30.3 Å². The Bertz CT molecular complexity index is 365. The molecular formula is C11H12F3NO2. The Morgan fingerprint density at radius 1 is 1.29 bits per heavy atom. The molecule has 1 atom stereocenters. The highest BCUT2D eigenvalue weighted by Gasteiger charge is 2.44. The monoisotopic (exact) mass is 247 g/mol. The van der Waals surface area contributed by atoms with Crippen molar-refractivity contribution in [2.45, 2.75) is 12.7 Å². The van der Waals surface area contributed by atoms with Gasteiger partial charge in [-0.3, -0.25) is 4.79 Å². The van der Waals surface area contributed by atoms with Crippen LogP contribution >= 0.6 is 0 Å². The number of alkyl halides is 3. The van der Waals surface area contributed by atoms with Crippen LogP contribution in [0.25, 0.3) is 0 Å². The van der Waals surface area contributed by atoms with Crippen LogP contribution in [0, 0.1) is 5.92 Å². The average Bonchev–Trinajstić information content (AvgIpc) is 2.23. The van der Waals surface area contributed by atoms with Gasteiger partial charge in [0.25, 0.3) is 0 Å². The highest BCUT2D eigenvalue weighted by Crippen LogP contribution is 2.25. The van der Waals surface area contributed by atoms with Crippen molar-refractivity contribution in [1.82, 2.24) is 5.32 Å². The molecule has 0 saturated carbocycles. The Balaban J connectivity index is 2.46. The van der Waals surface area contributed by atoms with Crippen molar-refractivity contribution in [3.63, 3.8) is 0 Å².